The fraction of sp³-hybridized carbons (Fsp3) is 0.143. The highest BCUT2D eigenvalue weighted by Crippen LogP contribution is 2.29. The number of hydrogen-bond donors (Lipinski definition) is 1. The Morgan fingerprint density at radius 3 is 2.95 bits per heavy atom. The summed E-state index contributed by atoms with van der Waals surface area (Å²) in [5.41, 5.74) is 1.04. The van der Waals surface area contributed by atoms with Gasteiger partial charge in [-0.25, -0.2) is 9.79 Å². The summed E-state index contributed by atoms with van der Waals surface area (Å²) in [6.07, 6.45) is -0.327. The van der Waals surface area contributed by atoms with Crippen LogP contribution in [-0.4, -0.2) is 29.1 Å². The Hall–Kier alpha value is -2.18. The molecule has 5 nitrogen and oxygen atoms in total. The minimum Gasteiger partial charge on any atom is -0.478 e. The Kier molecular flexibility index (Phi) is 3.25. The molecule has 2 heterocycles. The first-order chi connectivity index (χ1) is 9.65. The van der Waals surface area contributed by atoms with E-state index < -0.39 is 5.97 Å². The van der Waals surface area contributed by atoms with Crippen LogP contribution < -0.4 is 0 Å². The van der Waals surface area contributed by atoms with Crippen molar-refractivity contribution in [1.29, 1.82) is 0 Å². The average molecular weight is 288 g/mol. The van der Waals surface area contributed by atoms with E-state index in [9.17, 15) is 4.79 Å². The zero-order valence-corrected chi connectivity index (χ0v) is 11.5. The minimum absolute atomic E-state index is 0.246. The fourth-order valence-corrected chi connectivity index (χ4v) is 2.68. The van der Waals surface area contributed by atoms with Crippen LogP contribution >= 0.6 is 11.3 Å². The van der Waals surface area contributed by atoms with Crippen molar-refractivity contribution in [1.82, 2.24) is 5.06 Å². The van der Waals surface area contributed by atoms with E-state index in [4.69, 9.17) is 9.94 Å². The van der Waals surface area contributed by atoms with Crippen molar-refractivity contribution in [2.45, 2.75) is 6.17 Å². The van der Waals surface area contributed by atoms with Crippen molar-refractivity contribution in [3.63, 3.8) is 0 Å². The van der Waals surface area contributed by atoms with Crippen LogP contribution in [-0.2, 0) is 4.84 Å². The summed E-state index contributed by atoms with van der Waals surface area (Å²) in [7, 11) is 1.78. The van der Waals surface area contributed by atoms with Gasteiger partial charge >= 0.3 is 5.97 Å². The molecule has 20 heavy (non-hydrogen) atoms. The Balaban J connectivity index is 1.94. The standard InChI is InChI=1S/C14H12N2O3S/c1-16-12(9-4-2-5-10(8-9)14(17)18)15-13(19-16)11-6-3-7-20-11/h2-8,12H,1H3,(H,17,18). The molecule has 6 heteroatoms. The summed E-state index contributed by atoms with van der Waals surface area (Å²) in [6, 6.07) is 10.6. The van der Waals surface area contributed by atoms with E-state index in [0.29, 0.717) is 5.90 Å². The van der Waals surface area contributed by atoms with Crippen LogP contribution in [0.3, 0.4) is 0 Å². The molecule has 3 rings (SSSR count). The molecule has 1 aromatic heterocycles. The van der Waals surface area contributed by atoms with Crippen LogP contribution in [0.1, 0.15) is 27.0 Å². The van der Waals surface area contributed by atoms with Gasteiger partial charge in [0.2, 0.25) is 0 Å². The number of benzene rings is 1. The number of rotatable bonds is 3. The van der Waals surface area contributed by atoms with Gasteiger partial charge in [-0.2, -0.15) is 0 Å². The van der Waals surface area contributed by atoms with Crippen molar-refractivity contribution in [2.24, 2.45) is 4.99 Å². The van der Waals surface area contributed by atoms with Gasteiger partial charge in [-0.05, 0) is 29.1 Å². The van der Waals surface area contributed by atoms with Gasteiger partial charge in [0.25, 0.3) is 5.90 Å². The topological polar surface area (TPSA) is 62.1 Å². The number of hydrogen-bond acceptors (Lipinski definition) is 5. The zero-order chi connectivity index (χ0) is 14.1. The van der Waals surface area contributed by atoms with Crippen LogP contribution in [0.2, 0.25) is 0 Å². The van der Waals surface area contributed by atoms with Crippen LogP contribution in [0.5, 0.6) is 0 Å². The molecule has 0 amide bonds. The number of aliphatic imine (C=N–C) groups is 1. The van der Waals surface area contributed by atoms with Gasteiger partial charge in [-0.15, -0.1) is 16.4 Å². The molecule has 2 aromatic rings. The van der Waals surface area contributed by atoms with Gasteiger partial charge in [-0.1, -0.05) is 18.2 Å². The third-order valence-corrected chi connectivity index (χ3v) is 3.84. The first-order valence-corrected chi connectivity index (χ1v) is 6.89. The molecule has 1 N–H and O–H groups in total. The number of nitrogens with zero attached hydrogens (tertiary/aromatic N) is 2. The average Bonchev–Trinajstić information content (AvgIpc) is 3.07. The Morgan fingerprint density at radius 2 is 2.25 bits per heavy atom. The Morgan fingerprint density at radius 1 is 1.40 bits per heavy atom. The maximum atomic E-state index is 11.0. The van der Waals surface area contributed by atoms with E-state index in [0.717, 1.165) is 10.4 Å². The summed E-state index contributed by atoms with van der Waals surface area (Å²) in [6.45, 7) is 0. The smallest absolute Gasteiger partial charge is 0.335 e. The third-order valence-electron chi connectivity index (χ3n) is 2.98. The van der Waals surface area contributed by atoms with Gasteiger partial charge in [-0.3, -0.25) is 0 Å². The lowest BCUT2D eigenvalue weighted by atomic mass is 10.1. The molecule has 0 bridgehead atoms. The zero-order valence-electron chi connectivity index (χ0n) is 10.7. The van der Waals surface area contributed by atoms with E-state index in [-0.39, 0.29) is 11.7 Å². The van der Waals surface area contributed by atoms with Crippen LogP contribution in [0.4, 0.5) is 0 Å². The Labute approximate surface area is 119 Å². The second-order valence-electron chi connectivity index (χ2n) is 4.35. The van der Waals surface area contributed by atoms with E-state index in [1.165, 1.54) is 0 Å². The molecule has 1 aliphatic rings. The minimum atomic E-state index is -0.948. The maximum absolute atomic E-state index is 11.0. The highest BCUT2D eigenvalue weighted by atomic mass is 32.1. The monoisotopic (exact) mass is 288 g/mol. The first-order valence-electron chi connectivity index (χ1n) is 6.01. The van der Waals surface area contributed by atoms with Gasteiger partial charge in [0.1, 0.15) is 0 Å². The van der Waals surface area contributed by atoms with Crippen LogP contribution in [0.25, 0.3) is 0 Å². The van der Waals surface area contributed by atoms with E-state index in [1.807, 2.05) is 23.6 Å². The van der Waals surface area contributed by atoms with Crippen molar-refractivity contribution in [3.05, 3.63) is 57.8 Å². The number of hydroxylamine groups is 2. The number of thiophene rings is 1. The molecular weight excluding hydrogens is 276 g/mol. The van der Waals surface area contributed by atoms with Crippen molar-refractivity contribution in [3.8, 4) is 0 Å². The van der Waals surface area contributed by atoms with E-state index in [1.54, 1.807) is 41.6 Å². The normalized spacial score (nSPS) is 18.6. The lowest BCUT2D eigenvalue weighted by molar-refractivity contribution is -0.0570. The molecule has 0 fully saturated rings. The summed E-state index contributed by atoms with van der Waals surface area (Å²) in [5, 5.41) is 12.6. The fourth-order valence-electron chi connectivity index (χ4n) is 2.03. The SMILES string of the molecule is CN1OC(c2cccs2)=NC1c1cccc(C(=O)O)c1. The van der Waals surface area contributed by atoms with Gasteiger partial charge < -0.3 is 9.94 Å². The molecule has 1 aliphatic heterocycles. The van der Waals surface area contributed by atoms with Crippen LogP contribution in [0, 0.1) is 0 Å². The highest BCUT2D eigenvalue weighted by Gasteiger charge is 2.28. The number of carboxylic acid groups (broad SMARTS) is 1. The molecule has 0 radical (unpaired) electrons. The maximum Gasteiger partial charge on any atom is 0.335 e. The first kappa shape index (κ1) is 12.8. The second kappa shape index (κ2) is 5.07. The largest absolute Gasteiger partial charge is 0.478 e. The molecule has 0 aliphatic carbocycles. The summed E-state index contributed by atoms with van der Waals surface area (Å²) >= 11 is 1.55. The molecule has 1 aromatic carbocycles. The number of carboxylic acids is 1. The van der Waals surface area contributed by atoms with E-state index >= 15 is 0 Å². The number of carbonyl (C=O) groups is 1. The molecule has 1 unspecified atom stereocenters. The predicted molar refractivity (Wildman–Crippen MR) is 75.8 cm³/mol. The molecule has 102 valence electrons. The van der Waals surface area contributed by atoms with Gasteiger partial charge in [0, 0.05) is 7.05 Å². The third kappa shape index (κ3) is 2.31. The lowest BCUT2D eigenvalue weighted by Gasteiger charge is -2.16. The van der Waals surface area contributed by atoms with Crippen molar-refractivity contribution < 1.29 is 14.7 Å². The molecule has 0 spiro atoms. The number of aromatic carboxylic acids is 1. The summed E-state index contributed by atoms with van der Waals surface area (Å²) in [4.78, 5) is 22.1. The molecule has 0 saturated carbocycles. The lowest BCUT2D eigenvalue weighted by Crippen LogP contribution is -2.19. The summed E-state index contributed by atoms with van der Waals surface area (Å²) < 4.78 is 0. The Bertz CT molecular complexity index is 667. The van der Waals surface area contributed by atoms with Gasteiger partial charge in [0.15, 0.2) is 6.17 Å². The molecular formula is C14H12N2O3S. The predicted octanol–water partition coefficient (Wildman–Crippen LogP) is 2.77. The van der Waals surface area contributed by atoms with Crippen molar-refractivity contribution >= 4 is 23.2 Å². The van der Waals surface area contributed by atoms with E-state index in [2.05, 4.69) is 4.99 Å². The van der Waals surface area contributed by atoms with Crippen LogP contribution in [0.15, 0.2) is 46.8 Å². The summed E-state index contributed by atoms with van der Waals surface area (Å²) in [5.74, 6) is -0.385. The van der Waals surface area contributed by atoms with Crippen molar-refractivity contribution in [2.75, 3.05) is 7.05 Å². The highest BCUT2D eigenvalue weighted by molar-refractivity contribution is 7.12. The molecule has 1 atom stereocenters. The quantitative estimate of drug-likeness (QED) is 0.943. The van der Waals surface area contributed by atoms with Gasteiger partial charge in [0.05, 0.1) is 10.4 Å². The molecule has 0 saturated heterocycles. The second-order valence-corrected chi connectivity index (χ2v) is 5.30.